The van der Waals surface area contributed by atoms with E-state index in [9.17, 15) is 0 Å². The van der Waals surface area contributed by atoms with Crippen LogP contribution >= 0.6 is 0 Å². The van der Waals surface area contributed by atoms with Crippen molar-refractivity contribution < 1.29 is 19.4 Å². The number of hydrogen-bond donors (Lipinski definition) is 2. The first-order valence-corrected chi connectivity index (χ1v) is 12.4. The molecule has 4 aromatic rings. The molecule has 0 unspecified atom stereocenters. The Hall–Kier alpha value is -3.60. The standard InChI is InChI=1S/C26H30N6O2.CH2O2/c1-17(31-10-9-20(27)13-31)19-5-8-24-29-30-25(32(24)12-19)22-7-4-18-3-6-21(11-23(18)28-22)34-16-26(2)14-33-15-26;2-1-3/h3-8,11-12,17,20H,9-10,13-16,27H2,1-2H3;1H,(H,2,3)/t17-,20-;/m0./s1. The highest BCUT2D eigenvalue weighted by Gasteiger charge is 2.34. The molecule has 0 spiro atoms. The molecule has 2 saturated heterocycles. The van der Waals surface area contributed by atoms with Gasteiger partial charge in [-0.25, -0.2) is 4.98 Å². The van der Waals surface area contributed by atoms with Gasteiger partial charge in [0.15, 0.2) is 11.5 Å². The third-order valence-corrected chi connectivity index (χ3v) is 7.09. The number of ether oxygens (including phenoxy) is 2. The molecule has 0 radical (unpaired) electrons. The highest BCUT2D eigenvalue weighted by atomic mass is 16.5. The van der Waals surface area contributed by atoms with Crippen LogP contribution in [0.2, 0.25) is 0 Å². The maximum absolute atomic E-state index is 8.36. The van der Waals surface area contributed by atoms with Crippen molar-refractivity contribution in [2.24, 2.45) is 11.1 Å². The van der Waals surface area contributed by atoms with Crippen molar-refractivity contribution in [1.29, 1.82) is 0 Å². The predicted molar refractivity (Wildman–Crippen MR) is 139 cm³/mol. The number of likely N-dealkylation sites (tertiary alicyclic amines) is 1. The maximum Gasteiger partial charge on any atom is 0.290 e. The Kier molecular flexibility index (Phi) is 7.05. The number of aromatic nitrogens is 4. The molecule has 1 aromatic carbocycles. The minimum absolute atomic E-state index is 0.0969. The molecule has 2 aliphatic heterocycles. The van der Waals surface area contributed by atoms with Crippen LogP contribution in [0.5, 0.6) is 5.75 Å². The number of nitrogens with zero attached hydrogens (tertiary/aromatic N) is 5. The van der Waals surface area contributed by atoms with E-state index in [1.165, 1.54) is 5.56 Å². The first-order chi connectivity index (χ1) is 17.9. The second-order valence-corrected chi connectivity index (χ2v) is 10.2. The lowest BCUT2D eigenvalue weighted by Gasteiger charge is -2.37. The smallest absolute Gasteiger partial charge is 0.290 e. The molecule has 0 saturated carbocycles. The molecule has 0 amide bonds. The van der Waals surface area contributed by atoms with E-state index < -0.39 is 0 Å². The van der Waals surface area contributed by atoms with Crippen molar-refractivity contribution in [3.63, 3.8) is 0 Å². The van der Waals surface area contributed by atoms with Crippen LogP contribution in [0, 0.1) is 5.41 Å². The summed E-state index contributed by atoms with van der Waals surface area (Å²) in [6.45, 7) is 8.24. The number of fused-ring (bicyclic) bond motifs is 2. The maximum atomic E-state index is 8.36. The number of carboxylic acid groups (broad SMARTS) is 1. The second kappa shape index (κ2) is 10.4. The monoisotopic (exact) mass is 504 g/mol. The largest absolute Gasteiger partial charge is 0.493 e. The Bertz CT molecular complexity index is 1400. The molecule has 3 N–H and O–H groups in total. The van der Waals surface area contributed by atoms with Gasteiger partial charge in [0.05, 0.1) is 25.3 Å². The van der Waals surface area contributed by atoms with Crippen molar-refractivity contribution in [3.8, 4) is 17.3 Å². The molecular formula is C27H32N6O4. The SMILES string of the molecule is C[C@@H](c1ccc2nnc(-c3ccc4ccc(OCC5(C)COC5)cc4n3)n2c1)N1CC[C@H](N)C1.O=CO. The summed E-state index contributed by atoms with van der Waals surface area (Å²) >= 11 is 0. The summed E-state index contributed by atoms with van der Waals surface area (Å²) in [5.41, 5.74) is 9.90. The minimum Gasteiger partial charge on any atom is -0.493 e. The van der Waals surface area contributed by atoms with Crippen LogP contribution in [-0.4, -0.2) is 75.0 Å². The summed E-state index contributed by atoms with van der Waals surface area (Å²) in [6.07, 6.45) is 3.18. The van der Waals surface area contributed by atoms with Crippen molar-refractivity contribution in [2.45, 2.75) is 32.4 Å². The zero-order valence-electron chi connectivity index (χ0n) is 21.1. The molecule has 5 heterocycles. The van der Waals surface area contributed by atoms with Gasteiger partial charge >= 0.3 is 0 Å². The van der Waals surface area contributed by atoms with Crippen LogP contribution in [0.1, 0.15) is 31.9 Å². The van der Waals surface area contributed by atoms with Gasteiger partial charge in [0.2, 0.25) is 0 Å². The van der Waals surface area contributed by atoms with Gasteiger partial charge in [-0.2, -0.15) is 0 Å². The number of hydrogen-bond acceptors (Lipinski definition) is 8. The fraction of sp³-hybridized carbons (Fsp3) is 0.407. The molecule has 3 aromatic heterocycles. The van der Waals surface area contributed by atoms with Crippen LogP contribution in [-0.2, 0) is 9.53 Å². The average Bonchev–Trinajstić information content (AvgIpc) is 3.51. The van der Waals surface area contributed by atoms with E-state index in [0.29, 0.717) is 6.61 Å². The number of nitrogens with two attached hydrogens (primary N) is 1. The van der Waals surface area contributed by atoms with E-state index in [1.807, 2.05) is 34.7 Å². The molecule has 2 fully saturated rings. The van der Waals surface area contributed by atoms with Gasteiger partial charge in [-0.1, -0.05) is 19.1 Å². The predicted octanol–water partition coefficient (Wildman–Crippen LogP) is 3.15. The molecular weight excluding hydrogens is 472 g/mol. The quantitative estimate of drug-likeness (QED) is 0.381. The minimum atomic E-state index is -0.250. The summed E-state index contributed by atoms with van der Waals surface area (Å²) in [5.74, 6) is 1.55. The molecule has 0 aliphatic carbocycles. The lowest BCUT2D eigenvalue weighted by Crippen LogP contribution is -2.44. The molecule has 37 heavy (non-hydrogen) atoms. The summed E-state index contributed by atoms with van der Waals surface area (Å²) in [7, 11) is 0. The normalized spacial score (nSPS) is 19.7. The number of rotatable bonds is 6. The summed E-state index contributed by atoms with van der Waals surface area (Å²) in [5, 5.41) is 16.8. The fourth-order valence-electron chi connectivity index (χ4n) is 4.81. The molecule has 10 nitrogen and oxygen atoms in total. The highest BCUT2D eigenvalue weighted by molar-refractivity contribution is 5.82. The molecule has 0 bridgehead atoms. The van der Waals surface area contributed by atoms with Crippen LogP contribution in [0.15, 0.2) is 48.7 Å². The van der Waals surface area contributed by atoms with Crippen LogP contribution in [0.4, 0.5) is 0 Å². The van der Waals surface area contributed by atoms with Crippen molar-refractivity contribution in [3.05, 3.63) is 54.2 Å². The average molecular weight is 505 g/mol. The molecule has 10 heteroatoms. The van der Waals surface area contributed by atoms with Gasteiger partial charge in [0.25, 0.3) is 6.47 Å². The van der Waals surface area contributed by atoms with E-state index in [1.54, 1.807) is 0 Å². The number of pyridine rings is 2. The third-order valence-electron chi connectivity index (χ3n) is 7.09. The number of benzene rings is 1. The van der Waals surface area contributed by atoms with E-state index in [-0.39, 0.29) is 24.0 Å². The Morgan fingerprint density at radius 2 is 2.03 bits per heavy atom. The van der Waals surface area contributed by atoms with Crippen molar-refractivity contribution in [1.82, 2.24) is 24.5 Å². The topological polar surface area (TPSA) is 128 Å². The van der Waals surface area contributed by atoms with Gasteiger partial charge < -0.3 is 20.3 Å². The van der Waals surface area contributed by atoms with Gasteiger partial charge in [-0.3, -0.25) is 14.1 Å². The van der Waals surface area contributed by atoms with Gasteiger partial charge in [0.1, 0.15) is 11.4 Å². The molecule has 6 rings (SSSR count). The Morgan fingerprint density at radius 1 is 1.24 bits per heavy atom. The molecule has 194 valence electrons. The molecule has 2 atom stereocenters. The van der Waals surface area contributed by atoms with Gasteiger partial charge in [0, 0.05) is 48.2 Å². The lowest BCUT2D eigenvalue weighted by atomic mass is 9.90. The van der Waals surface area contributed by atoms with Crippen LogP contribution in [0.25, 0.3) is 28.1 Å². The Balaban J connectivity index is 0.000000892. The summed E-state index contributed by atoms with van der Waals surface area (Å²) < 4.78 is 13.4. The van der Waals surface area contributed by atoms with E-state index >= 15 is 0 Å². The van der Waals surface area contributed by atoms with Gasteiger partial charge in [-0.15, -0.1) is 10.2 Å². The van der Waals surface area contributed by atoms with E-state index in [2.05, 4.69) is 47.3 Å². The first kappa shape index (κ1) is 25.1. The van der Waals surface area contributed by atoms with Crippen LogP contribution in [0.3, 0.4) is 0 Å². The Morgan fingerprint density at radius 3 is 2.73 bits per heavy atom. The molecule has 2 aliphatic rings. The van der Waals surface area contributed by atoms with Crippen molar-refractivity contribution >= 4 is 23.0 Å². The zero-order valence-corrected chi connectivity index (χ0v) is 21.1. The zero-order chi connectivity index (χ0) is 26.0. The number of carbonyl (C=O) groups is 1. The summed E-state index contributed by atoms with van der Waals surface area (Å²) in [4.78, 5) is 15.7. The first-order valence-electron chi connectivity index (χ1n) is 12.4. The van der Waals surface area contributed by atoms with Gasteiger partial charge in [-0.05, 0) is 43.2 Å². The van der Waals surface area contributed by atoms with E-state index in [4.69, 9.17) is 30.1 Å². The van der Waals surface area contributed by atoms with E-state index in [0.717, 1.165) is 66.5 Å². The Labute approximate surface area is 215 Å². The third kappa shape index (κ3) is 5.27. The lowest BCUT2D eigenvalue weighted by molar-refractivity contribution is -0.122. The highest BCUT2D eigenvalue weighted by Crippen LogP contribution is 2.30. The van der Waals surface area contributed by atoms with Crippen LogP contribution < -0.4 is 10.5 Å². The van der Waals surface area contributed by atoms with Crippen molar-refractivity contribution in [2.75, 3.05) is 32.9 Å². The second-order valence-electron chi connectivity index (χ2n) is 10.2. The fourth-order valence-corrected chi connectivity index (χ4v) is 4.81. The summed E-state index contributed by atoms with van der Waals surface area (Å²) in [6, 6.07) is 14.8.